The summed E-state index contributed by atoms with van der Waals surface area (Å²) >= 11 is 0. The summed E-state index contributed by atoms with van der Waals surface area (Å²) in [7, 11) is -1.41. The van der Waals surface area contributed by atoms with E-state index in [1.165, 1.54) is 4.31 Å². The Bertz CT molecular complexity index is 244. The first-order chi connectivity index (χ1) is 5.44. The Hall–Kier alpha value is -0.130. The third-order valence-corrected chi connectivity index (χ3v) is 4.26. The molecule has 72 valence electrons. The number of rotatable bonds is 4. The van der Waals surface area contributed by atoms with Gasteiger partial charge in [-0.15, -0.1) is 0 Å². The van der Waals surface area contributed by atoms with Crippen LogP contribution in [0.25, 0.3) is 0 Å². The summed E-state index contributed by atoms with van der Waals surface area (Å²) in [5, 5.41) is -0.124. The van der Waals surface area contributed by atoms with Gasteiger partial charge in [0.1, 0.15) is 0 Å². The summed E-state index contributed by atoms with van der Waals surface area (Å²) in [6, 6.07) is -0.0940. The van der Waals surface area contributed by atoms with Crippen LogP contribution < -0.4 is 5.73 Å². The maximum atomic E-state index is 11.5. The fraction of sp³-hybridized carbons (Fsp3) is 1.00. The van der Waals surface area contributed by atoms with Gasteiger partial charge >= 0.3 is 0 Å². The lowest BCUT2D eigenvalue weighted by Gasteiger charge is -2.18. The molecular formula is C7H16N2O2S. The van der Waals surface area contributed by atoms with E-state index in [-0.39, 0.29) is 11.3 Å². The van der Waals surface area contributed by atoms with Crippen LogP contribution in [0, 0.1) is 0 Å². The molecule has 0 saturated heterocycles. The molecular weight excluding hydrogens is 176 g/mol. The number of likely N-dealkylation sites (N-methyl/N-ethyl adjacent to an activating group) is 1. The van der Waals surface area contributed by atoms with Crippen LogP contribution in [0.5, 0.6) is 0 Å². The van der Waals surface area contributed by atoms with E-state index in [0.717, 1.165) is 12.8 Å². The van der Waals surface area contributed by atoms with Gasteiger partial charge < -0.3 is 5.73 Å². The van der Waals surface area contributed by atoms with Crippen molar-refractivity contribution < 1.29 is 8.42 Å². The van der Waals surface area contributed by atoms with Crippen molar-refractivity contribution in [1.29, 1.82) is 0 Å². The summed E-state index contributed by atoms with van der Waals surface area (Å²) in [6.45, 7) is 2.22. The quantitative estimate of drug-likeness (QED) is 0.668. The highest BCUT2D eigenvalue weighted by atomic mass is 32.2. The van der Waals surface area contributed by atoms with Gasteiger partial charge in [0.2, 0.25) is 10.0 Å². The minimum absolute atomic E-state index is 0.0940. The topological polar surface area (TPSA) is 63.4 Å². The highest BCUT2D eigenvalue weighted by molar-refractivity contribution is 7.90. The smallest absolute Gasteiger partial charge is 0.216 e. The number of nitrogens with two attached hydrogens (primary N) is 1. The third kappa shape index (κ3) is 2.18. The molecule has 2 N–H and O–H groups in total. The van der Waals surface area contributed by atoms with Crippen molar-refractivity contribution in [2.24, 2.45) is 5.73 Å². The summed E-state index contributed by atoms with van der Waals surface area (Å²) in [4.78, 5) is 0. The second kappa shape index (κ2) is 3.32. The second-order valence-electron chi connectivity index (χ2n) is 3.50. The maximum Gasteiger partial charge on any atom is 0.216 e. The van der Waals surface area contributed by atoms with Gasteiger partial charge in [-0.3, -0.25) is 0 Å². The van der Waals surface area contributed by atoms with E-state index in [4.69, 9.17) is 5.73 Å². The van der Waals surface area contributed by atoms with E-state index in [1.54, 1.807) is 14.0 Å². The van der Waals surface area contributed by atoms with Crippen molar-refractivity contribution in [3.05, 3.63) is 0 Å². The van der Waals surface area contributed by atoms with Gasteiger partial charge in [-0.2, -0.15) is 0 Å². The van der Waals surface area contributed by atoms with Gasteiger partial charge in [0.25, 0.3) is 0 Å². The molecule has 1 rings (SSSR count). The van der Waals surface area contributed by atoms with E-state index in [0.29, 0.717) is 6.54 Å². The third-order valence-electron chi connectivity index (χ3n) is 1.93. The van der Waals surface area contributed by atoms with Crippen molar-refractivity contribution in [3.8, 4) is 0 Å². The highest BCUT2D eigenvalue weighted by Crippen LogP contribution is 2.30. The lowest BCUT2D eigenvalue weighted by atomic mass is 10.4. The molecule has 0 amide bonds. The first-order valence-electron chi connectivity index (χ1n) is 4.15. The molecule has 0 aliphatic heterocycles. The van der Waals surface area contributed by atoms with Crippen LogP contribution in [0.1, 0.15) is 19.8 Å². The van der Waals surface area contributed by atoms with Crippen LogP contribution in [0.4, 0.5) is 0 Å². The number of hydrogen-bond acceptors (Lipinski definition) is 3. The molecule has 1 atom stereocenters. The van der Waals surface area contributed by atoms with Gasteiger partial charge in [-0.05, 0) is 19.8 Å². The zero-order valence-electron chi connectivity index (χ0n) is 7.53. The molecule has 0 aromatic rings. The first-order valence-corrected chi connectivity index (χ1v) is 5.65. The maximum absolute atomic E-state index is 11.5. The summed E-state index contributed by atoms with van der Waals surface area (Å²) in [6.07, 6.45) is 1.62. The Labute approximate surface area is 73.8 Å². The molecule has 1 aliphatic rings. The standard InChI is InChI=1S/C7H16N2O2S/c1-6(8)5-9(2)12(10,11)7-3-4-7/h6-7H,3-5,8H2,1-2H3. The molecule has 1 unspecified atom stereocenters. The van der Waals surface area contributed by atoms with Crippen LogP contribution >= 0.6 is 0 Å². The number of hydrogen-bond donors (Lipinski definition) is 1. The monoisotopic (exact) mass is 192 g/mol. The van der Waals surface area contributed by atoms with Gasteiger partial charge in [-0.1, -0.05) is 0 Å². The minimum Gasteiger partial charge on any atom is -0.327 e. The average molecular weight is 192 g/mol. The predicted molar refractivity (Wildman–Crippen MR) is 48.2 cm³/mol. The van der Waals surface area contributed by atoms with Crippen molar-refractivity contribution in [3.63, 3.8) is 0 Å². The molecule has 0 aromatic carbocycles. The van der Waals surface area contributed by atoms with E-state index >= 15 is 0 Å². The molecule has 12 heavy (non-hydrogen) atoms. The highest BCUT2D eigenvalue weighted by Gasteiger charge is 2.38. The zero-order valence-corrected chi connectivity index (χ0v) is 8.34. The second-order valence-corrected chi connectivity index (χ2v) is 5.82. The molecule has 0 aromatic heterocycles. The molecule has 1 fully saturated rings. The average Bonchev–Trinajstić information content (AvgIpc) is 2.65. The van der Waals surface area contributed by atoms with E-state index in [9.17, 15) is 8.42 Å². The predicted octanol–water partition coefficient (Wildman–Crippen LogP) is -0.242. The summed E-state index contributed by atoms with van der Waals surface area (Å²) < 4.78 is 24.4. The van der Waals surface area contributed by atoms with E-state index in [1.807, 2.05) is 0 Å². The summed E-state index contributed by atoms with van der Waals surface area (Å²) in [5.41, 5.74) is 5.50. The van der Waals surface area contributed by atoms with Gasteiger partial charge in [0.05, 0.1) is 5.25 Å². The van der Waals surface area contributed by atoms with Crippen LogP contribution in [0.2, 0.25) is 0 Å². The van der Waals surface area contributed by atoms with Gasteiger partial charge in [0.15, 0.2) is 0 Å². The Morgan fingerprint density at radius 3 is 2.42 bits per heavy atom. The fourth-order valence-corrected chi connectivity index (χ4v) is 2.81. The molecule has 1 saturated carbocycles. The Kier molecular flexibility index (Phi) is 2.75. The van der Waals surface area contributed by atoms with Crippen LogP contribution in [-0.4, -0.2) is 37.6 Å². The van der Waals surface area contributed by atoms with Gasteiger partial charge in [-0.25, -0.2) is 12.7 Å². The SMILES string of the molecule is CC(N)CN(C)S(=O)(=O)C1CC1. The lowest BCUT2D eigenvalue weighted by Crippen LogP contribution is -2.38. The van der Waals surface area contributed by atoms with Crippen LogP contribution in [0.3, 0.4) is 0 Å². The molecule has 0 radical (unpaired) electrons. The van der Waals surface area contributed by atoms with Crippen molar-refractivity contribution >= 4 is 10.0 Å². The van der Waals surface area contributed by atoms with Crippen LogP contribution in [-0.2, 0) is 10.0 Å². The van der Waals surface area contributed by atoms with Crippen molar-refractivity contribution in [2.45, 2.75) is 31.1 Å². The number of sulfonamides is 1. The Morgan fingerprint density at radius 2 is 2.08 bits per heavy atom. The Morgan fingerprint density at radius 1 is 1.58 bits per heavy atom. The normalized spacial score (nSPS) is 21.3. The fourth-order valence-electron chi connectivity index (χ4n) is 1.13. The van der Waals surface area contributed by atoms with Crippen molar-refractivity contribution in [2.75, 3.05) is 13.6 Å². The molecule has 0 bridgehead atoms. The molecule has 0 heterocycles. The minimum atomic E-state index is -3.01. The van der Waals surface area contributed by atoms with E-state index in [2.05, 4.69) is 0 Å². The van der Waals surface area contributed by atoms with Crippen molar-refractivity contribution in [1.82, 2.24) is 4.31 Å². The largest absolute Gasteiger partial charge is 0.327 e. The first kappa shape index (κ1) is 9.95. The number of nitrogens with zero attached hydrogens (tertiary/aromatic N) is 1. The lowest BCUT2D eigenvalue weighted by molar-refractivity contribution is 0.444. The molecule has 1 aliphatic carbocycles. The van der Waals surface area contributed by atoms with E-state index < -0.39 is 10.0 Å². The van der Waals surface area contributed by atoms with Gasteiger partial charge in [0, 0.05) is 19.6 Å². The molecule has 4 nitrogen and oxygen atoms in total. The zero-order chi connectivity index (χ0) is 9.35. The Balaban J connectivity index is 2.55. The molecule has 0 spiro atoms. The summed E-state index contributed by atoms with van der Waals surface area (Å²) in [5.74, 6) is 0. The molecule has 5 heteroatoms. The van der Waals surface area contributed by atoms with Crippen LogP contribution in [0.15, 0.2) is 0 Å².